The second-order valence-corrected chi connectivity index (χ2v) is 12.0. The molecule has 6 nitrogen and oxygen atoms in total. The molecular weight excluding hydrogens is 567 g/mol. The summed E-state index contributed by atoms with van der Waals surface area (Å²) in [6, 6.07) is 26.0. The number of amides is 1. The monoisotopic (exact) mass is 596 g/mol. The zero-order valence-corrected chi connectivity index (χ0v) is 24.5. The van der Waals surface area contributed by atoms with Crippen LogP contribution in [-0.2, 0) is 10.4 Å². The Morgan fingerprint density at radius 3 is 2.20 bits per heavy atom. The van der Waals surface area contributed by atoms with Gasteiger partial charge in [-0.05, 0) is 47.4 Å². The Bertz CT molecular complexity index is 1980. The number of fused-ring (bicyclic) bond motifs is 6. The zero-order valence-electron chi connectivity index (χ0n) is 24.5. The number of ketones is 2. The third-order valence-corrected chi connectivity index (χ3v) is 9.84. The number of unbranched alkanes of at least 4 members (excludes halogenated alkanes) is 1. The number of carbonyl (C=O) groups is 3. The molecule has 45 heavy (non-hydrogen) atoms. The molecule has 2 unspecified atom stereocenters. The summed E-state index contributed by atoms with van der Waals surface area (Å²) in [5.41, 5.74) is -1.18. The SMILES string of the molecule is CCCCN1C(=O)/C(=C2/N3C=Cc4ccccc4C3C3(C(=O)c4ccccc4C3=O)C2(O)c2ccccc2)c2cc(F)ccc21. The van der Waals surface area contributed by atoms with Crippen molar-refractivity contribution in [3.8, 4) is 0 Å². The first kappa shape index (κ1) is 27.4. The average Bonchev–Trinajstić information content (AvgIpc) is 3.57. The van der Waals surface area contributed by atoms with E-state index in [1.807, 2.05) is 37.3 Å². The van der Waals surface area contributed by atoms with Gasteiger partial charge in [-0.1, -0.05) is 92.2 Å². The zero-order chi connectivity index (χ0) is 31.1. The molecule has 1 spiro atoms. The van der Waals surface area contributed by atoms with E-state index in [-0.39, 0.29) is 22.4 Å². The molecule has 0 aromatic heterocycles. The quantitative estimate of drug-likeness (QED) is 0.210. The van der Waals surface area contributed by atoms with Gasteiger partial charge < -0.3 is 14.9 Å². The Balaban J connectivity index is 1.54. The van der Waals surface area contributed by atoms with E-state index in [4.69, 9.17) is 0 Å². The lowest BCUT2D eigenvalue weighted by molar-refractivity contribution is -0.113. The van der Waals surface area contributed by atoms with E-state index in [1.165, 1.54) is 12.1 Å². The number of benzene rings is 4. The first-order valence-corrected chi connectivity index (χ1v) is 15.2. The fourth-order valence-electron chi connectivity index (χ4n) is 7.93. The van der Waals surface area contributed by atoms with Gasteiger partial charge in [-0.2, -0.15) is 0 Å². The van der Waals surface area contributed by atoms with Gasteiger partial charge in [0.1, 0.15) is 5.82 Å². The van der Waals surface area contributed by atoms with Gasteiger partial charge in [-0.25, -0.2) is 4.39 Å². The molecule has 8 rings (SSSR count). The van der Waals surface area contributed by atoms with E-state index in [1.54, 1.807) is 76.7 Å². The normalized spacial score (nSPS) is 23.9. The number of halogens is 1. The summed E-state index contributed by atoms with van der Waals surface area (Å²) < 4.78 is 15.0. The van der Waals surface area contributed by atoms with Crippen molar-refractivity contribution in [3.05, 3.63) is 148 Å². The van der Waals surface area contributed by atoms with Crippen molar-refractivity contribution in [2.45, 2.75) is 31.4 Å². The number of anilines is 1. The fraction of sp³-hybridized carbons (Fsp3) is 0.184. The number of hydrogen-bond acceptors (Lipinski definition) is 5. The molecular formula is C38H29FN2O4. The Hall–Kier alpha value is -5.14. The molecule has 0 bridgehead atoms. The highest BCUT2D eigenvalue weighted by Gasteiger charge is 2.77. The smallest absolute Gasteiger partial charge is 0.260 e. The van der Waals surface area contributed by atoms with Crippen LogP contribution in [0.4, 0.5) is 10.1 Å². The molecule has 1 N–H and O–H groups in total. The molecule has 1 aliphatic carbocycles. The minimum Gasteiger partial charge on any atom is -0.377 e. The molecule has 4 aliphatic rings. The van der Waals surface area contributed by atoms with E-state index in [2.05, 4.69) is 0 Å². The summed E-state index contributed by atoms with van der Waals surface area (Å²) in [6.45, 7) is 2.42. The maximum Gasteiger partial charge on any atom is 0.260 e. The average molecular weight is 597 g/mol. The van der Waals surface area contributed by atoms with Crippen molar-refractivity contribution in [3.63, 3.8) is 0 Å². The second-order valence-electron chi connectivity index (χ2n) is 12.0. The van der Waals surface area contributed by atoms with Crippen LogP contribution in [0.2, 0.25) is 0 Å². The van der Waals surface area contributed by atoms with Gasteiger partial charge >= 0.3 is 0 Å². The van der Waals surface area contributed by atoms with Crippen molar-refractivity contribution in [1.82, 2.24) is 4.90 Å². The van der Waals surface area contributed by atoms with Crippen LogP contribution in [0.5, 0.6) is 0 Å². The van der Waals surface area contributed by atoms with Crippen LogP contribution in [0.1, 0.15) is 68.8 Å². The van der Waals surface area contributed by atoms with Crippen LogP contribution < -0.4 is 4.90 Å². The van der Waals surface area contributed by atoms with E-state index < -0.39 is 40.3 Å². The van der Waals surface area contributed by atoms with Gasteiger partial charge in [0.15, 0.2) is 22.6 Å². The lowest BCUT2D eigenvalue weighted by Crippen LogP contribution is -2.53. The predicted molar refractivity (Wildman–Crippen MR) is 169 cm³/mol. The maximum atomic E-state index is 15.0. The van der Waals surface area contributed by atoms with Gasteiger partial charge in [0.2, 0.25) is 0 Å². The first-order valence-electron chi connectivity index (χ1n) is 15.2. The Morgan fingerprint density at radius 2 is 1.49 bits per heavy atom. The van der Waals surface area contributed by atoms with Gasteiger partial charge in [-0.15, -0.1) is 0 Å². The minimum atomic E-state index is -2.32. The van der Waals surface area contributed by atoms with E-state index >= 15 is 14.0 Å². The van der Waals surface area contributed by atoms with Crippen molar-refractivity contribution in [2.24, 2.45) is 5.41 Å². The third kappa shape index (κ3) is 3.33. The van der Waals surface area contributed by atoms with Crippen LogP contribution in [0.15, 0.2) is 109 Å². The predicted octanol–water partition coefficient (Wildman–Crippen LogP) is 6.68. The van der Waals surface area contributed by atoms with Crippen LogP contribution in [0, 0.1) is 11.2 Å². The summed E-state index contributed by atoms with van der Waals surface area (Å²) in [5, 5.41) is 13.6. The number of nitrogens with zero attached hydrogens (tertiary/aromatic N) is 2. The summed E-state index contributed by atoms with van der Waals surface area (Å²) in [7, 11) is 0. The molecule has 1 saturated heterocycles. The first-order chi connectivity index (χ1) is 21.9. The molecule has 1 amide bonds. The lowest BCUT2D eigenvalue weighted by Gasteiger charge is -2.40. The summed E-state index contributed by atoms with van der Waals surface area (Å²) in [5.74, 6) is -1.98. The standard InChI is InChI=1S/C38H29FN2O4/c1-2-3-20-40-30-18-17-25(39)22-29(30)31(36(40)44)33-38(45,24-12-5-4-6-13-24)37(34(42)27-15-9-10-16-28(27)35(37)43)32-26-14-8-7-11-23(26)19-21-41(32)33/h4-19,21-22,32,45H,2-3,20H2,1H3/b33-31+. The molecule has 0 radical (unpaired) electrons. The van der Waals surface area contributed by atoms with Crippen molar-refractivity contribution < 1.29 is 23.9 Å². The Labute approximate surface area is 259 Å². The molecule has 3 aliphatic heterocycles. The highest BCUT2D eigenvalue weighted by molar-refractivity contribution is 6.35. The van der Waals surface area contributed by atoms with Crippen LogP contribution in [0.25, 0.3) is 11.6 Å². The number of hydrogen-bond donors (Lipinski definition) is 1. The summed E-state index contributed by atoms with van der Waals surface area (Å²) in [4.78, 5) is 48.0. The lowest BCUT2D eigenvalue weighted by atomic mass is 9.60. The van der Waals surface area contributed by atoms with Gasteiger partial charge in [0, 0.05) is 29.4 Å². The molecule has 2 atom stereocenters. The van der Waals surface area contributed by atoms with Crippen molar-refractivity contribution in [1.29, 1.82) is 0 Å². The highest BCUT2D eigenvalue weighted by Crippen LogP contribution is 2.69. The maximum absolute atomic E-state index is 15.0. The number of rotatable bonds is 4. The van der Waals surface area contributed by atoms with Crippen molar-refractivity contribution in [2.75, 3.05) is 11.4 Å². The van der Waals surface area contributed by atoms with Crippen LogP contribution in [0.3, 0.4) is 0 Å². The number of aliphatic hydroxyl groups is 1. The third-order valence-electron chi connectivity index (χ3n) is 9.84. The minimum absolute atomic E-state index is 0.0782. The number of Topliss-reactive ketones (excluding diaryl/α,β-unsaturated/α-hetero) is 2. The molecule has 0 saturated carbocycles. The summed E-state index contributed by atoms with van der Waals surface area (Å²) in [6.07, 6.45) is 5.14. The largest absolute Gasteiger partial charge is 0.377 e. The molecule has 4 aromatic carbocycles. The van der Waals surface area contributed by atoms with Crippen LogP contribution >= 0.6 is 0 Å². The van der Waals surface area contributed by atoms with E-state index in [9.17, 15) is 9.90 Å². The van der Waals surface area contributed by atoms with E-state index in [0.29, 0.717) is 35.3 Å². The van der Waals surface area contributed by atoms with Crippen molar-refractivity contribution >= 4 is 34.8 Å². The Morgan fingerprint density at radius 1 is 0.822 bits per heavy atom. The summed E-state index contributed by atoms with van der Waals surface area (Å²) >= 11 is 0. The molecule has 4 aromatic rings. The Kier molecular flexibility index (Phi) is 5.90. The number of carbonyl (C=O) groups excluding carboxylic acids is 3. The molecule has 1 fully saturated rings. The van der Waals surface area contributed by atoms with Crippen LogP contribution in [-0.4, -0.2) is 34.0 Å². The van der Waals surface area contributed by atoms with E-state index in [0.717, 1.165) is 12.0 Å². The second kappa shape index (κ2) is 9.68. The topological polar surface area (TPSA) is 77.9 Å². The fourth-order valence-corrected chi connectivity index (χ4v) is 7.93. The highest BCUT2D eigenvalue weighted by atomic mass is 19.1. The molecule has 7 heteroatoms. The molecule has 222 valence electrons. The van der Waals surface area contributed by atoms with Gasteiger partial charge in [0.25, 0.3) is 5.91 Å². The van der Waals surface area contributed by atoms with Gasteiger partial charge in [-0.3, -0.25) is 14.4 Å². The van der Waals surface area contributed by atoms with Gasteiger partial charge in [0.05, 0.1) is 23.0 Å². The molecule has 3 heterocycles.